The minimum absolute atomic E-state index is 0.189. The number of carbonyl (C=O) groups is 1. The van der Waals surface area contributed by atoms with Crippen molar-refractivity contribution >= 4 is 17.7 Å². The quantitative estimate of drug-likeness (QED) is 0.898. The number of amides is 1. The van der Waals surface area contributed by atoms with E-state index in [1.165, 1.54) is 0 Å². The molecular formula is C16H15N5O2. The highest BCUT2D eigenvalue weighted by molar-refractivity contribution is 5.91. The Labute approximate surface area is 133 Å². The van der Waals surface area contributed by atoms with Gasteiger partial charge in [-0.25, -0.2) is 0 Å². The molecule has 1 aliphatic rings. The molecule has 1 aromatic heterocycles. The predicted octanol–water partition coefficient (Wildman–Crippen LogP) is 1.93. The van der Waals surface area contributed by atoms with E-state index in [0.717, 1.165) is 11.3 Å². The highest BCUT2D eigenvalue weighted by Gasteiger charge is 2.23. The molecule has 116 valence electrons. The third kappa shape index (κ3) is 3.06. The zero-order valence-electron chi connectivity index (χ0n) is 12.7. The normalized spacial score (nSPS) is 16.8. The average molecular weight is 309 g/mol. The van der Waals surface area contributed by atoms with Gasteiger partial charge in [0.25, 0.3) is 0 Å². The van der Waals surface area contributed by atoms with Crippen molar-refractivity contribution in [3.63, 3.8) is 0 Å². The SMILES string of the molecule is Cc1nc(C(C)NC(=O)C2C=Cc3cc(C#N)ccc3N2)no1. The molecule has 0 bridgehead atoms. The molecule has 1 aromatic carbocycles. The third-order valence-corrected chi connectivity index (χ3v) is 3.53. The van der Waals surface area contributed by atoms with Crippen molar-refractivity contribution in [1.29, 1.82) is 5.26 Å². The van der Waals surface area contributed by atoms with Crippen LogP contribution in [0, 0.1) is 18.3 Å². The molecule has 0 saturated carbocycles. The lowest BCUT2D eigenvalue weighted by molar-refractivity contribution is -0.121. The van der Waals surface area contributed by atoms with Gasteiger partial charge in [-0.2, -0.15) is 10.2 Å². The molecule has 2 aromatic rings. The van der Waals surface area contributed by atoms with Crippen LogP contribution in [0.3, 0.4) is 0 Å². The number of aryl methyl sites for hydroxylation is 1. The smallest absolute Gasteiger partial charge is 0.247 e. The number of hydrogen-bond acceptors (Lipinski definition) is 6. The number of fused-ring (bicyclic) bond motifs is 1. The fourth-order valence-electron chi connectivity index (χ4n) is 2.33. The Kier molecular flexibility index (Phi) is 3.81. The maximum Gasteiger partial charge on any atom is 0.247 e. The van der Waals surface area contributed by atoms with Crippen molar-refractivity contribution in [1.82, 2.24) is 15.5 Å². The third-order valence-electron chi connectivity index (χ3n) is 3.53. The van der Waals surface area contributed by atoms with E-state index in [1.54, 1.807) is 38.1 Å². The molecule has 1 aliphatic heterocycles. The summed E-state index contributed by atoms with van der Waals surface area (Å²) in [4.78, 5) is 16.5. The van der Waals surface area contributed by atoms with Crippen molar-refractivity contribution < 1.29 is 9.32 Å². The van der Waals surface area contributed by atoms with Crippen LogP contribution in [-0.2, 0) is 4.79 Å². The lowest BCUT2D eigenvalue weighted by Gasteiger charge is -2.23. The largest absolute Gasteiger partial charge is 0.370 e. The van der Waals surface area contributed by atoms with Crippen LogP contribution >= 0.6 is 0 Å². The summed E-state index contributed by atoms with van der Waals surface area (Å²) in [5, 5.41) is 18.7. The Hall–Kier alpha value is -3.14. The van der Waals surface area contributed by atoms with Gasteiger partial charge in [0.1, 0.15) is 6.04 Å². The molecule has 0 spiro atoms. The van der Waals surface area contributed by atoms with E-state index in [9.17, 15) is 4.79 Å². The van der Waals surface area contributed by atoms with Gasteiger partial charge in [-0.15, -0.1) is 0 Å². The second kappa shape index (κ2) is 5.93. The number of carbonyl (C=O) groups excluding carboxylic acids is 1. The zero-order valence-corrected chi connectivity index (χ0v) is 12.7. The van der Waals surface area contributed by atoms with Crippen molar-refractivity contribution in [3.8, 4) is 6.07 Å². The summed E-state index contributed by atoms with van der Waals surface area (Å²) in [6.07, 6.45) is 3.59. The van der Waals surface area contributed by atoms with Crippen molar-refractivity contribution in [2.75, 3.05) is 5.32 Å². The van der Waals surface area contributed by atoms with Gasteiger partial charge in [-0.3, -0.25) is 4.79 Å². The number of benzene rings is 1. The number of nitriles is 1. The van der Waals surface area contributed by atoms with Crippen molar-refractivity contribution in [2.24, 2.45) is 0 Å². The maximum absolute atomic E-state index is 12.4. The minimum Gasteiger partial charge on any atom is -0.370 e. The zero-order chi connectivity index (χ0) is 16.4. The lowest BCUT2D eigenvalue weighted by Crippen LogP contribution is -2.40. The van der Waals surface area contributed by atoms with Crippen LogP contribution in [0.15, 0.2) is 28.8 Å². The molecule has 7 heteroatoms. The van der Waals surface area contributed by atoms with E-state index in [1.807, 2.05) is 6.08 Å². The Morgan fingerprint density at radius 3 is 3.04 bits per heavy atom. The van der Waals surface area contributed by atoms with E-state index >= 15 is 0 Å². The van der Waals surface area contributed by atoms with Gasteiger partial charge in [-0.1, -0.05) is 17.3 Å². The minimum atomic E-state index is -0.495. The van der Waals surface area contributed by atoms with E-state index in [0.29, 0.717) is 17.3 Å². The van der Waals surface area contributed by atoms with Gasteiger partial charge in [0.15, 0.2) is 5.82 Å². The Morgan fingerprint density at radius 1 is 1.52 bits per heavy atom. The molecule has 23 heavy (non-hydrogen) atoms. The van der Waals surface area contributed by atoms with Gasteiger partial charge in [0.05, 0.1) is 17.7 Å². The van der Waals surface area contributed by atoms with E-state index < -0.39 is 6.04 Å². The number of nitrogens with one attached hydrogen (secondary N) is 2. The Balaban J connectivity index is 1.69. The first-order valence-corrected chi connectivity index (χ1v) is 7.16. The van der Waals surface area contributed by atoms with Crippen LogP contribution in [0.4, 0.5) is 5.69 Å². The molecule has 0 radical (unpaired) electrons. The Morgan fingerprint density at radius 2 is 2.35 bits per heavy atom. The summed E-state index contributed by atoms with van der Waals surface area (Å²) in [5.74, 6) is 0.708. The van der Waals surface area contributed by atoms with Crippen molar-refractivity contribution in [2.45, 2.75) is 25.9 Å². The van der Waals surface area contributed by atoms with E-state index in [2.05, 4.69) is 26.8 Å². The topological polar surface area (TPSA) is 104 Å². The molecule has 0 saturated heterocycles. The van der Waals surface area contributed by atoms with Crippen molar-refractivity contribution in [3.05, 3.63) is 47.1 Å². The molecule has 0 fully saturated rings. The molecule has 2 unspecified atom stereocenters. The number of hydrogen-bond donors (Lipinski definition) is 2. The summed E-state index contributed by atoms with van der Waals surface area (Å²) in [6, 6.07) is 6.53. The molecule has 2 N–H and O–H groups in total. The van der Waals surface area contributed by atoms with Gasteiger partial charge < -0.3 is 15.2 Å². The highest BCUT2D eigenvalue weighted by Crippen LogP contribution is 2.24. The maximum atomic E-state index is 12.4. The second-order valence-electron chi connectivity index (χ2n) is 5.30. The molecule has 0 aliphatic carbocycles. The molecular weight excluding hydrogens is 294 g/mol. The molecule has 1 amide bonds. The standard InChI is InChI=1S/C16H15N5O2/c1-9(15-19-10(2)23-21-15)18-16(22)14-6-4-12-7-11(8-17)3-5-13(12)20-14/h3-7,9,14,20H,1-2H3,(H,18,22). The monoisotopic (exact) mass is 309 g/mol. The number of anilines is 1. The van der Waals surface area contributed by atoms with Gasteiger partial charge in [0, 0.05) is 12.6 Å². The molecule has 2 heterocycles. The summed E-state index contributed by atoms with van der Waals surface area (Å²) in [7, 11) is 0. The first-order chi connectivity index (χ1) is 11.1. The fraction of sp³-hybridized carbons (Fsp3) is 0.250. The fourth-order valence-corrected chi connectivity index (χ4v) is 2.33. The Bertz CT molecular complexity index is 818. The van der Waals surface area contributed by atoms with E-state index in [-0.39, 0.29) is 11.9 Å². The molecule has 3 rings (SSSR count). The average Bonchev–Trinajstić information content (AvgIpc) is 3.00. The second-order valence-corrected chi connectivity index (χ2v) is 5.30. The number of aromatic nitrogens is 2. The van der Waals surface area contributed by atoms with Crippen LogP contribution in [0.1, 0.15) is 35.8 Å². The van der Waals surface area contributed by atoms with Crippen LogP contribution in [0.2, 0.25) is 0 Å². The van der Waals surface area contributed by atoms with Crippen LogP contribution < -0.4 is 10.6 Å². The van der Waals surface area contributed by atoms with Gasteiger partial charge in [-0.05, 0) is 30.7 Å². The molecule has 7 nitrogen and oxygen atoms in total. The van der Waals surface area contributed by atoms with Crippen LogP contribution in [-0.4, -0.2) is 22.1 Å². The van der Waals surface area contributed by atoms with E-state index in [4.69, 9.17) is 9.78 Å². The van der Waals surface area contributed by atoms with Gasteiger partial charge in [0.2, 0.25) is 11.8 Å². The highest BCUT2D eigenvalue weighted by atomic mass is 16.5. The van der Waals surface area contributed by atoms with Gasteiger partial charge >= 0.3 is 0 Å². The summed E-state index contributed by atoms with van der Waals surface area (Å²) in [6.45, 7) is 3.49. The molecule has 2 atom stereocenters. The van der Waals surface area contributed by atoms with Crippen LogP contribution in [0.25, 0.3) is 6.08 Å². The number of rotatable bonds is 3. The first kappa shape index (κ1) is 14.8. The predicted molar refractivity (Wildman–Crippen MR) is 83.2 cm³/mol. The van der Waals surface area contributed by atoms with Crippen LogP contribution in [0.5, 0.6) is 0 Å². The first-order valence-electron chi connectivity index (χ1n) is 7.16. The summed E-state index contributed by atoms with van der Waals surface area (Å²) in [5.41, 5.74) is 2.28. The lowest BCUT2D eigenvalue weighted by atomic mass is 10.0. The summed E-state index contributed by atoms with van der Waals surface area (Å²) >= 11 is 0. The summed E-state index contributed by atoms with van der Waals surface area (Å²) < 4.78 is 4.91. The number of nitrogens with zero attached hydrogens (tertiary/aromatic N) is 3.